The Balaban J connectivity index is 2.59. The second-order valence-electron chi connectivity index (χ2n) is 6.57. The van der Waals surface area contributed by atoms with Gasteiger partial charge in [0, 0.05) is 5.92 Å². The van der Waals surface area contributed by atoms with Gasteiger partial charge in [0.2, 0.25) is 0 Å². The second kappa shape index (κ2) is 6.38. The van der Waals surface area contributed by atoms with E-state index in [0.29, 0.717) is 0 Å². The number of hydrogen-bond donors (Lipinski definition) is 0. The number of aryl methyl sites for hydroxylation is 2. The number of quaternary nitrogens is 1. The molecule has 1 atom stereocenters. The summed E-state index contributed by atoms with van der Waals surface area (Å²) < 4.78 is 1.14. The van der Waals surface area contributed by atoms with Crippen molar-refractivity contribution in [1.29, 1.82) is 0 Å². The Kier molecular flexibility index (Phi) is 5.40. The Bertz CT molecular complexity index is 379. The Labute approximate surface area is 113 Å². The van der Waals surface area contributed by atoms with E-state index in [0.717, 1.165) is 10.4 Å². The molecular weight excluding hydrogens is 218 g/mol. The second-order valence-corrected chi connectivity index (χ2v) is 6.57. The summed E-state index contributed by atoms with van der Waals surface area (Å²) in [6.07, 6.45) is 2.47. The summed E-state index contributed by atoms with van der Waals surface area (Å²) in [5, 5.41) is 0. The lowest BCUT2D eigenvalue weighted by Crippen LogP contribution is -2.43. The monoisotopic (exact) mass is 248 g/mol. The van der Waals surface area contributed by atoms with Crippen molar-refractivity contribution in [2.45, 2.75) is 40.5 Å². The van der Waals surface area contributed by atoms with Gasteiger partial charge < -0.3 is 4.48 Å². The van der Waals surface area contributed by atoms with Crippen molar-refractivity contribution in [2.75, 3.05) is 27.2 Å². The first-order chi connectivity index (χ1) is 8.34. The molecule has 1 aromatic carbocycles. The highest BCUT2D eigenvalue weighted by Gasteiger charge is 2.18. The molecule has 1 nitrogen and oxygen atoms in total. The van der Waals surface area contributed by atoms with E-state index in [4.69, 9.17) is 0 Å². The van der Waals surface area contributed by atoms with Crippen LogP contribution < -0.4 is 0 Å². The molecule has 0 bridgehead atoms. The Morgan fingerprint density at radius 2 is 1.78 bits per heavy atom. The van der Waals surface area contributed by atoms with Gasteiger partial charge in [-0.2, -0.15) is 0 Å². The Morgan fingerprint density at radius 3 is 2.33 bits per heavy atom. The highest BCUT2D eigenvalue weighted by atomic mass is 15.3. The summed E-state index contributed by atoms with van der Waals surface area (Å²) in [7, 11) is 4.70. The van der Waals surface area contributed by atoms with Gasteiger partial charge in [0.1, 0.15) is 0 Å². The molecule has 18 heavy (non-hydrogen) atoms. The maximum atomic E-state index is 2.38. The summed E-state index contributed by atoms with van der Waals surface area (Å²) in [5.41, 5.74) is 4.30. The molecule has 0 aliphatic carbocycles. The minimum absolute atomic E-state index is 0.744. The lowest BCUT2D eigenvalue weighted by Gasteiger charge is -2.32. The van der Waals surface area contributed by atoms with Crippen LogP contribution in [-0.2, 0) is 6.42 Å². The number of benzene rings is 1. The van der Waals surface area contributed by atoms with Crippen molar-refractivity contribution >= 4 is 0 Å². The lowest BCUT2D eigenvalue weighted by atomic mass is 9.97. The highest BCUT2D eigenvalue weighted by Crippen LogP contribution is 2.16. The van der Waals surface area contributed by atoms with E-state index in [-0.39, 0.29) is 0 Å². The fraction of sp³-hybridized carbons (Fsp3) is 0.647. The third kappa shape index (κ3) is 4.81. The van der Waals surface area contributed by atoms with Crippen LogP contribution in [0.1, 0.15) is 37.0 Å². The van der Waals surface area contributed by atoms with E-state index in [1.807, 2.05) is 0 Å². The van der Waals surface area contributed by atoms with Gasteiger partial charge in [0.25, 0.3) is 0 Å². The van der Waals surface area contributed by atoms with Gasteiger partial charge in [-0.1, -0.05) is 32.0 Å². The van der Waals surface area contributed by atoms with Gasteiger partial charge in [0.15, 0.2) is 0 Å². The number of nitrogens with zero attached hydrogens (tertiary/aromatic N) is 1. The maximum absolute atomic E-state index is 2.38. The molecular formula is C17H30N+. The summed E-state index contributed by atoms with van der Waals surface area (Å²) in [5.74, 6) is 0.744. The van der Waals surface area contributed by atoms with Crippen LogP contribution in [0.25, 0.3) is 0 Å². The summed E-state index contributed by atoms with van der Waals surface area (Å²) >= 11 is 0. The van der Waals surface area contributed by atoms with Crippen molar-refractivity contribution in [1.82, 2.24) is 0 Å². The van der Waals surface area contributed by atoms with Gasteiger partial charge in [-0.05, 0) is 43.4 Å². The van der Waals surface area contributed by atoms with E-state index in [2.05, 4.69) is 60.0 Å². The molecule has 0 heterocycles. The highest BCUT2D eigenvalue weighted by molar-refractivity contribution is 5.30. The van der Waals surface area contributed by atoms with Gasteiger partial charge in [-0.15, -0.1) is 0 Å². The number of hydrogen-bond acceptors (Lipinski definition) is 0. The zero-order chi connectivity index (χ0) is 13.8. The van der Waals surface area contributed by atoms with E-state index in [9.17, 15) is 0 Å². The average molecular weight is 248 g/mol. The van der Waals surface area contributed by atoms with Crippen LogP contribution in [0.5, 0.6) is 0 Å². The molecule has 0 amide bonds. The minimum atomic E-state index is 0.744. The number of rotatable bonds is 6. The average Bonchev–Trinajstić information content (AvgIpc) is 2.22. The molecule has 0 aliphatic rings. The predicted octanol–water partition coefficient (Wildman–Crippen LogP) is 3.97. The standard InChI is InChI=1S/C17H30N/c1-7-10-18(5,6)13-14(2)11-17-9-8-15(3)16(4)12-17/h8-9,12,14H,7,10-11,13H2,1-6H3/q+1. The smallest absolute Gasteiger partial charge is 0.0811 e. The van der Waals surface area contributed by atoms with Crippen molar-refractivity contribution in [3.8, 4) is 0 Å². The van der Waals surface area contributed by atoms with E-state index in [1.165, 1.54) is 42.6 Å². The molecule has 1 unspecified atom stereocenters. The van der Waals surface area contributed by atoms with E-state index < -0.39 is 0 Å². The molecule has 0 saturated heterocycles. The normalized spacial score (nSPS) is 13.7. The predicted molar refractivity (Wildman–Crippen MR) is 80.9 cm³/mol. The quantitative estimate of drug-likeness (QED) is 0.668. The van der Waals surface area contributed by atoms with Crippen molar-refractivity contribution in [3.05, 3.63) is 34.9 Å². The molecule has 1 heteroatoms. The van der Waals surface area contributed by atoms with Crippen LogP contribution >= 0.6 is 0 Å². The van der Waals surface area contributed by atoms with E-state index in [1.54, 1.807) is 0 Å². The first kappa shape index (κ1) is 15.2. The van der Waals surface area contributed by atoms with Crippen LogP contribution in [0.2, 0.25) is 0 Å². The first-order valence-electron chi connectivity index (χ1n) is 7.22. The summed E-state index contributed by atoms with van der Waals surface area (Å²) in [6, 6.07) is 6.90. The van der Waals surface area contributed by atoms with E-state index >= 15 is 0 Å². The van der Waals surface area contributed by atoms with Gasteiger partial charge in [0.05, 0.1) is 27.2 Å². The molecule has 0 aromatic heterocycles. The SMILES string of the molecule is CCC[N+](C)(C)CC(C)Cc1ccc(C)c(C)c1. The Hall–Kier alpha value is -0.820. The van der Waals surface area contributed by atoms with Gasteiger partial charge in [-0.25, -0.2) is 0 Å². The molecule has 0 N–H and O–H groups in total. The minimum Gasteiger partial charge on any atom is -0.328 e. The molecule has 1 aromatic rings. The molecule has 1 rings (SSSR count). The topological polar surface area (TPSA) is 0 Å². The van der Waals surface area contributed by atoms with Crippen LogP contribution in [0.15, 0.2) is 18.2 Å². The van der Waals surface area contributed by atoms with Crippen molar-refractivity contribution < 1.29 is 4.48 Å². The first-order valence-corrected chi connectivity index (χ1v) is 7.22. The maximum Gasteiger partial charge on any atom is 0.0811 e. The molecule has 0 spiro atoms. The summed E-state index contributed by atoms with van der Waals surface area (Å²) in [4.78, 5) is 0. The zero-order valence-electron chi connectivity index (χ0n) is 13.1. The Morgan fingerprint density at radius 1 is 1.11 bits per heavy atom. The van der Waals surface area contributed by atoms with Crippen LogP contribution in [0.3, 0.4) is 0 Å². The molecule has 0 fully saturated rings. The van der Waals surface area contributed by atoms with Gasteiger partial charge in [-0.3, -0.25) is 0 Å². The summed E-state index contributed by atoms with van der Waals surface area (Å²) in [6.45, 7) is 11.6. The lowest BCUT2D eigenvalue weighted by molar-refractivity contribution is -0.893. The third-order valence-electron chi connectivity index (χ3n) is 3.79. The molecule has 102 valence electrons. The van der Waals surface area contributed by atoms with Crippen molar-refractivity contribution in [2.24, 2.45) is 5.92 Å². The molecule has 0 aliphatic heterocycles. The van der Waals surface area contributed by atoms with Crippen molar-refractivity contribution in [3.63, 3.8) is 0 Å². The van der Waals surface area contributed by atoms with Crippen LogP contribution in [-0.4, -0.2) is 31.7 Å². The largest absolute Gasteiger partial charge is 0.328 e. The molecule has 0 radical (unpaired) electrons. The fourth-order valence-corrected chi connectivity index (χ4v) is 2.94. The molecule has 0 saturated carbocycles. The van der Waals surface area contributed by atoms with Crippen LogP contribution in [0.4, 0.5) is 0 Å². The fourth-order valence-electron chi connectivity index (χ4n) is 2.94. The van der Waals surface area contributed by atoms with Gasteiger partial charge >= 0.3 is 0 Å². The van der Waals surface area contributed by atoms with Crippen LogP contribution in [0, 0.1) is 19.8 Å². The third-order valence-corrected chi connectivity index (χ3v) is 3.79. The zero-order valence-corrected chi connectivity index (χ0v) is 13.1.